The molecule has 2 heterocycles. The quantitative estimate of drug-likeness (QED) is 0.599. The lowest BCUT2D eigenvalue weighted by Crippen LogP contribution is -2.51. The maximum atomic E-state index is 5.98. The van der Waals surface area contributed by atoms with Crippen LogP contribution in [0.1, 0.15) is 25.7 Å². The molecule has 13 heavy (non-hydrogen) atoms. The van der Waals surface area contributed by atoms with Crippen molar-refractivity contribution in [3.8, 4) is 0 Å². The van der Waals surface area contributed by atoms with Crippen LogP contribution in [-0.4, -0.2) is 43.3 Å². The fourth-order valence-corrected chi connectivity index (χ4v) is 2.44. The van der Waals surface area contributed by atoms with Crippen molar-refractivity contribution in [2.24, 2.45) is 5.73 Å². The summed E-state index contributed by atoms with van der Waals surface area (Å²) >= 11 is 0. The van der Waals surface area contributed by atoms with Crippen LogP contribution >= 0.6 is 0 Å². The lowest BCUT2D eigenvalue weighted by atomic mass is 9.83. The van der Waals surface area contributed by atoms with Gasteiger partial charge in [-0.3, -0.25) is 0 Å². The molecule has 3 heteroatoms. The zero-order valence-electron chi connectivity index (χ0n) is 8.46. The zero-order valence-corrected chi connectivity index (χ0v) is 8.46. The van der Waals surface area contributed by atoms with Crippen molar-refractivity contribution < 1.29 is 4.74 Å². The van der Waals surface area contributed by atoms with E-state index in [9.17, 15) is 0 Å². The van der Waals surface area contributed by atoms with Gasteiger partial charge in [-0.25, -0.2) is 0 Å². The second-order valence-electron chi connectivity index (χ2n) is 4.59. The Labute approximate surface area is 80.2 Å². The van der Waals surface area contributed by atoms with Gasteiger partial charge < -0.3 is 15.4 Å². The lowest BCUT2D eigenvalue weighted by molar-refractivity contribution is -0.113. The third-order valence-corrected chi connectivity index (χ3v) is 3.43. The molecule has 0 unspecified atom stereocenters. The summed E-state index contributed by atoms with van der Waals surface area (Å²) in [5, 5.41) is 0. The van der Waals surface area contributed by atoms with E-state index in [4.69, 9.17) is 10.5 Å². The van der Waals surface area contributed by atoms with Crippen molar-refractivity contribution in [3.05, 3.63) is 0 Å². The average Bonchev–Trinajstić information content (AvgIpc) is 2.11. The molecule has 0 saturated carbocycles. The minimum Gasteiger partial charge on any atom is -0.375 e. The molecular weight excluding hydrogens is 164 g/mol. The van der Waals surface area contributed by atoms with Gasteiger partial charge in [-0.15, -0.1) is 0 Å². The van der Waals surface area contributed by atoms with Crippen LogP contribution in [-0.2, 0) is 4.74 Å². The van der Waals surface area contributed by atoms with Crippen molar-refractivity contribution in [1.82, 2.24) is 4.90 Å². The Hall–Kier alpha value is -0.120. The molecule has 2 rings (SSSR count). The normalized spacial score (nSPS) is 35.1. The van der Waals surface area contributed by atoms with E-state index in [2.05, 4.69) is 11.9 Å². The van der Waals surface area contributed by atoms with Gasteiger partial charge in [0.15, 0.2) is 0 Å². The summed E-state index contributed by atoms with van der Waals surface area (Å²) in [7, 11) is 2.18. The molecule has 1 spiro atoms. The van der Waals surface area contributed by atoms with E-state index in [-0.39, 0.29) is 5.60 Å². The Bertz CT molecular complexity index is 176. The molecule has 0 aromatic carbocycles. The summed E-state index contributed by atoms with van der Waals surface area (Å²) in [6, 6.07) is 0.372. The molecule has 1 atom stereocenters. The number of nitrogens with two attached hydrogens (primary N) is 1. The summed E-state index contributed by atoms with van der Waals surface area (Å²) in [5.41, 5.74) is 6.12. The number of ether oxygens (including phenoxy) is 1. The van der Waals surface area contributed by atoms with Gasteiger partial charge in [-0.2, -0.15) is 0 Å². The van der Waals surface area contributed by atoms with Gasteiger partial charge in [0, 0.05) is 25.7 Å². The molecule has 0 aliphatic carbocycles. The standard InChI is InChI=1S/C10H20N2O/c1-12-5-3-10(4-6-12)8-9(11)2-7-13-10/h9H,2-8,11H2,1H3/t9-/m0/s1. The Balaban J connectivity index is 1.95. The van der Waals surface area contributed by atoms with Crippen LogP contribution < -0.4 is 5.73 Å². The van der Waals surface area contributed by atoms with E-state index < -0.39 is 0 Å². The van der Waals surface area contributed by atoms with Crippen LogP contribution in [0.25, 0.3) is 0 Å². The van der Waals surface area contributed by atoms with Crippen LogP contribution in [0.3, 0.4) is 0 Å². The zero-order chi connectivity index (χ0) is 9.31. The number of hydrogen-bond acceptors (Lipinski definition) is 3. The van der Waals surface area contributed by atoms with Crippen molar-refractivity contribution in [2.45, 2.75) is 37.3 Å². The van der Waals surface area contributed by atoms with Crippen LogP contribution in [0, 0.1) is 0 Å². The van der Waals surface area contributed by atoms with Gasteiger partial charge in [0.25, 0.3) is 0 Å². The second kappa shape index (κ2) is 3.56. The predicted molar refractivity (Wildman–Crippen MR) is 52.6 cm³/mol. The van der Waals surface area contributed by atoms with Gasteiger partial charge in [0.05, 0.1) is 5.60 Å². The third kappa shape index (κ3) is 2.03. The minimum atomic E-state index is 0.143. The van der Waals surface area contributed by atoms with Gasteiger partial charge >= 0.3 is 0 Å². The van der Waals surface area contributed by atoms with E-state index in [0.717, 1.165) is 45.4 Å². The minimum absolute atomic E-state index is 0.143. The van der Waals surface area contributed by atoms with E-state index in [1.807, 2.05) is 0 Å². The maximum Gasteiger partial charge on any atom is 0.0721 e. The topological polar surface area (TPSA) is 38.5 Å². The van der Waals surface area contributed by atoms with E-state index in [0.29, 0.717) is 6.04 Å². The molecule has 3 nitrogen and oxygen atoms in total. The third-order valence-electron chi connectivity index (χ3n) is 3.43. The highest BCUT2D eigenvalue weighted by Gasteiger charge is 2.38. The van der Waals surface area contributed by atoms with Crippen molar-refractivity contribution in [3.63, 3.8) is 0 Å². The number of hydrogen-bond donors (Lipinski definition) is 1. The van der Waals surface area contributed by atoms with E-state index in [1.165, 1.54) is 0 Å². The predicted octanol–water partition coefficient (Wildman–Crippen LogP) is 0.588. The summed E-state index contributed by atoms with van der Waals surface area (Å²) in [5.74, 6) is 0. The maximum absolute atomic E-state index is 5.98. The first-order chi connectivity index (χ1) is 6.20. The molecule has 0 radical (unpaired) electrons. The average molecular weight is 184 g/mol. The number of nitrogens with zero attached hydrogens (tertiary/aromatic N) is 1. The Morgan fingerprint density at radius 1 is 1.38 bits per heavy atom. The molecule has 2 aliphatic rings. The molecule has 2 saturated heterocycles. The molecule has 0 aromatic rings. The summed E-state index contributed by atoms with van der Waals surface area (Å²) in [4.78, 5) is 2.37. The number of piperidine rings is 1. The molecule has 2 aliphatic heterocycles. The monoisotopic (exact) mass is 184 g/mol. The number of rotatable bonds is 0. The summed E-state index contributed by atoms with van der Waals surface area (Å²) < 4.78 is 5.92. The van der Waals surface area contributed by atoms with Gasteiger partial charge in [0.1, 0.15) is 0 Å². The van der Waals surface area contributed by atoms with Gasteiger partial charge in [-0.1, -0.05) is 0 Å². The summed E-state index contributed by atoms with van der Waals surface area (Å²) in [6.07, 6.45) is 4.44. The molecule has 2 N–H and O–H groups in total. The van der Waals surface area contributed by atoms with Crippen LogP contribution in [0.2, 0.25) is 0 Å². The van der Waals surface area contributed by atoms with E-state index >= 15 is 0 Å². The smallest absolute Gasteiger partial charge is 0.0721 e. The number of likely N-dealkylation sites (tertiary alicyclic amines) is 1. The van der Waals surface area contributed by atoms with Crippen LogP contribution in [0.5, 0.6) is 0 Å². The fraction of sp³-hybridized carbons (Fsp3) is 1.00. The van der Waals surface area contributed by atoms with Crippen molar-refractivity contribution >= 4 is 0 Å². The summed E-state index contributed by atoms with van der Waals surface area (Å²) in [6.45, 7) is 3.18. The van der Waals surface area contributed by atoms with E-state index in [1.54, 1.807) is 0 Å². The van der Waals surface area contributed by atoms with Crippen molar-refractivity contribution in [1.29, 1.82) is 0 Å². The van der Waals surface area contributed by atoms with Crippen molar-refractivity contribution in [2.75, 3.05) is 26.7 Å². The van der Waals surface area contributed by atoms with Crippen LogP contribution in [0.15, 0.2) is 0 Å². The first-order valence-corrected chi connectivity index (χ1v) is 5.28. The highest BCUT2D eigenvalue weighted by atomic mass is 16.5. The van der Waals surface area contributed by atoms with Gasteiger partial charge in [-0.05, 0) is 32.7 Å². The first-order valence-electron chi connectivity index (χ1n) is 5.28. The molecule has 0 amide bonds. The first kappa shape index (κ1) is 9.44. The van der Waals surface area contributed by atoms with Crippen LogP contribution in [0.4, 0.5) is 0 Å². The highest BCUT2D eigenvalue weighted by Crippen LogP contribution is 2.33. The Morgan fingerprint density at radius 3 is 2.69 bits per heavy atom. The Kier molecular flexibility index (Phi) is 2.58. The Morgan fingerprint density at radius 2 is 2.08 bits per heavy atom. The SMILES string of the molecule is CN1CCC2(CC1)C[C@@H](N)CCO2. The molecule has 0 bridgehead atoms. The molecule has 2 fully saturated rings. The lowest BCUT2D eigenvalue weighted by Gasteiger charge is -2.44. The largest absolute Gasteiger partial charge is 0.375 e. The second-order valence-corrected chi connectivity index (χ2v) is 4.59. The highest BCUT2D eigenvalue weighted by molar-refractivity contribution is 4.92. The van der Waals surface area contributed by atoms with Gasteiger partial charge in [0.2, 0.25) is 0 Å². The fourth-order valence-electron chi connectivity index (χ4n) is 2.44. The molecule has 76 valence electrons. The molecule has 0 aromatic heterocycles. The molecular formula is C10H20N2O.